The molecule has 0 unspecified atom stereocenters. The topological polar surface area (TPSA) is 47.5 Å². The van der Waals surface area contributed by atoms with E-state index < -0.39 is 0 Å². The molecule has 0 bridgehead atoms. The van der Waals surface area contributed by atoms with Gasteiger partial charge >= 0.3 is 0 Å². The summed E-state index contributed by atoms with van der Waals surface area (Å²) in [7, 11) is 1.68. The molecule has 2 fully saturated rings. The Morgan fingerprint density at radius 2 is 1.65 bits per heavy atom. The first kappa shape index (κ1) is 14.3. The molecule has 1 aliphatic carbocycles. The number of hydrogen-bond donors (Lipinski definition) is 0. The smallest absolute Gasteiger partial charge is 0.164 e. The highest BCUT2D eigenvalue weighted by molar-refractivity contribution is 5.56. The van der Waals surface area contributed by atoms with Crippen LogP contribution in [0, 0.1) is 0 Å². The normalized spacial score (nSPS) is 17.3. The van der Waals surface area contributed by atoms with E-state index in [2.05, 4.69) is 27.0 Å². The third-order valence-corrected chi connectivity index (χ3v) is 4.40. The lowest BCUT2D eigenvalue weighted by molar-refractivity contribution is 0.408. The van der Waals surface area contributed by atoms with Crippen molar-refractivity contribution in [2.45, 2.75) is 31.6 Å². The largest absolute Gasteiger partial charge is 0.497 e. The maximum absolute atomic E-state index is 5.94. The Morgan fingerprint density at radius 1 is 0.957 bits per heavy atom. The highest BCUT2D eigenvalue weighted by Crippen LogP contribution is 2.38. The molecule has 0 amide bonds. The summed E-state index contributed by atoms with van der Waals surface area (Å²) in [5.41, 5.74) is 1.15. The maximum Gasteiger partial charge on any atom is 0.164 e. The van der Waals surface area contributed by atoms with Crippen molar-refractivity contribution >= 4 is 5.69 Å². The van der Waals surface area contributed by atoms with Crippen molar-refractivity contribution in [1.82, 2.24) is 9.97 Å². The number of hydrogen-bond acceptors (Lipinski definition) is 5. The van der Waals surface area contributed by atoms with Crippen LogP contribution in [0.2, 0.25) is 0 Å². The lowest BCUT2D eigenvalue weighted by Crippen LogP contribution is -2.17. The molecule has 0 atom stereocenters. The lowest BCUT2D eigenvalue weighted by atomic mass is 10.2. The number of methoxy groups -OCH3 is 1. The minimum atomic E-state index is 0.558. The van der Waals surface area contributed by atoms with E-state index in [1.54, 1.807) is 19.5 Å². The second-order valence-electron chi connectivity index (χ2n) is 6.21. The van der Waals surface area contributed by atoms with Gasteiger partial charge in [-0.3, -0.25) is 0 Å². The first-order valence-electron chi connectivity index (χ1n) is 8.25. The van der Waals surface area contributed by atoms with E-state index in [0.717, 1.165) is 36.1 Å². The Bertz CT molecular complexity index is 677. The van der Waals surface area contributed by atoms with Gasteiger partial charge in [-0.15, -0.1) is 0 Å². The molecule has 0 spiro atoms. The first-order valence-corrected chi connectivity index (χ1v) is 8.25. The summed E-state index contributed by atoms with van der Waals surface area (Å²) in [5, 5.41) is 0. The number of ether oxygens (including phenoxy) is 2. The van der Waals surface area contributed by atoms with Gasteiger partial charge < -0.3 is 14.4 Å². The number of rotatable bonds is 5. The zero-order valence-electron chi connectivity index (χ0n) is 13.4. The van der Waals surface area contributed by atoms with Gasteiger partial charge in [-0.25, -0.2) is 9.97 Å². The third-order valence-electron chi connectivity index (χ3n) is 4.40. The molecule has 5 nitrogen and oxygen atoms in total. The molecule has 4 rings (SSSR count). The molecule has 1 aromatic heterocycles. The van der Waals surface area contributed by atoms with Crippen molar-refractivity contribution in [3.05, 3.63) is 36.4 Å². The van der Waals surface area contributed by atoms with Crippen LogP contribution in [0.3, 0.4) is 0 Å². The Balaban J connectivity index is 1.55. The zero-order chi connectivity index (χ0) is 15.6. The highest BCUT2D eigenvalue weighted by atomic mass is 16.5. The molecule has 23 heavy (non-hydrogen) atoms. The van der Waals surface area contributed by atoms with Gasteiger partial charge in [-0.05, 0) is 25.7 Å². The van der Waals surface area contributed by atoms with E-state index in [9.17, 15) is 0 Å². The summed E-state index contributed by atoms with van der Waals surface area (Å²) in [6.07, 6.45) is 8.41. The highest BCUT2D eigenvalue weighted by Gasteiger charge is 2.26. The zero-order valence-corrected chi connectivity index (χ0v) is 13.4. The Morgan fingerprint density at radius 3 is 2.30 bits per heavy atom. The minimum absolute atomic E-state index is 0.558. The minimum Gasteiger partial charge on any atom is -0.497 e. The van der Waals surface area contributed by atoms with Gasteiger partial charge in [0, 0.05) is 42.9 Å². The van der Waals surface area contributed by atoms with Crippen LogP contribution in [-0.2, 0) is 0 Å². The molecular formula is C18H21N3O2. The summed E-state index contributed by atoms with van der Waals surface area (Å²) in [5.74, 6) is 3.72. The van der Waals surface area contributed by atoms with Gasteiger partial charge in [-0.1, -0.05) is 0 Å². The van der Waals surface area contributed by atoms with Crippen LogP contribution >= 0.6 is 0 Å². The van der Waals surface area contributed by atoms with Gasteiger partial charge in [-0.2, -0.15) is 0 Å². The molecule has 1 aliphatic heterocycles. The number of anilines is 1. The predicted octanol–water partition coefficient (Wildman–Crippen LogP) is 3.76. The van der Waals surface area contributed by atoms with E-state index in [4.69, 9.17) is 9.47 Å². The van der Waals surface area contributed by atoms with Crippen molar-refractivity contribution in [3.8, 4) is 17.2 Å². The Labute approximate surface area is 136 Å². The van der Waals surface area contributed by atoms with Crippen LogP contribution in [0.25, 0.3) is 0 Å². The lowest BCUT2D eigenvalue weighted by Gasteiger charge is -2.19. The van der Waals surface area contributed by atoms with E-state index >= 15 is 0 Å². The fourth-order valence-corrected chi connectivity index (χ4v) is 2.96. The van der Waals surface area contributed by atoms with Crippen molar-refractivity contribution in [2.24, 2.45) is 0 Å². The summed E-state index contributed by atoms with van der Waals surface area (Å²) >= 11 is 0. The molecular weight excluding hydrogens is 290 g/mol. The summed E-state index contributed by atoms with van der Waals surface area (Å²) < 4.78 is 11.4. The fourth-order valence-electron chi connectivity index (χ4n) is 2.96. The number of nitrogens with zero attached hydrogens (tertiary/aromatic N) is 3. The molecule has 1 aromatic carbocycles. The standard InChI is InChI=1S/C18H21N3O2/c1-22-15-8-14(21-6-2-3-7-21)9-16(10-15)23-17-11-19-18(20-12-17)13-4-5-13/h8-13H,2-7H2,1H3. The third kappa shape index (κ3) is 3.23. The van der Waals surface area contributed by atoms with Crippen LogP contribution in [0.5, 0.6) is 17.2 Å². The molecule has 120 valence electrons. The SMILES string of the molecule is COc1cc(Oc2cnc(C3CC3)nc2)cc(N2CCCC2)c1. The quantitative estimate of drug-likeness (QED) is 0.841. The maximum atomic E-state index is 5.94. The average Bonchev–Trinajstić information content (AvgIpc) is 3.29. The molecule has 1 saturated heterocycles. The molecule has 1 saturated carbocycles. The Kier molecular flexibility index (Phi) is 3.77. The van der Waals surface area contributed by atoms with Crippen molar-refractivity contribution in [1.29, 1.82) is 0 Å². The predicted molar refractivity (Wildman–Crippen MR) is 88.5 cm³/mol. The van der Waals surface area contributed by atoms with Crippen LogP contribution < -0.4 is 14.4 Å². The second-order valence-corrected chi connectivity index (χ2v) is 6.21. The van der Waals surface area contributed by atoms with Gasteiger partial charge in [0.05, 0.1) is 19.5 Å². The van der Waals surface area contributed by atoms with Crippen LogP contribution in [0.15, 0.2) is 30.6 Å². The van der Waals surface area contributed by atoms with Crippen molar-refractivity contribution < 1.29 is 9.47 Å². The first-order chi connectivity index (χ1) is 11.3. The molecule has 0 radical (unpaired) electrons. The summed E-state index contributed by atoms with van der Waals surface area (Å²) in [4.78, 5) is 11.2. The monoisotopic (exact) mass is 311 g/mol. The van der Waals surface area contributed by atoms with Gasteiger partial charge in [0.25, 0.3) is 0 Å². The molecule has 2 aliphatic rings. The second kappa shape index (κ2) is 6.07. The van der Waals surface area contributed by atoms with Crippen molar-refractivity contribution in [3.63, 3.8) is 0 Å². The molecule has 5 heteroatoms. The van der Waals surface area contributed by atoms with E-state index in [0.29, 0.717) is 11.7 Å². The molecule has 2 aromatic rings. The van der Waals surface area contributed by atoms with Crippen molar-refractivity contribution in [2.75, 3.05) is 25.1 Å². The fraction of sp³-hybridized carbons (Fsp3) is 0.444. The van der Waals surface area contributed by atoms with Gasteiger partial charge in [0.1, 0.15) is 17.3 Å². The van der Waals surface area contributed by atoms with Gasteiger partial charge in [0.15, 0.2) is 5.75 Å². The summed E-state index contributed by atoms with van der Waals surface area (Å²) in [6, 6.07) is 6.02. The van der Waals surface area contributed by atoms with Crippen LogP contribution in [-0.4, -0.2) is 30.2 Å². The molecule has 2 heterocycles. The van der Waals surface area contributed by atoms with Crippen LogP contribution in [0.1, 0.15) is 37.4 Å². The number of benzene rings is 1. The van der Waals surface area contributed by atoms with Crippen LogP contribution in [0.4, 0.5) is 5.69 Å². The number of aromatic nitrogens is 2. The molecule has 0 N–H and O–H groups in total. The summed E-state index contributed by atoms with van der Waals surface area (Å²) in [6.45, 7) is 2.18. The Hall–Kier alpha value is -2.30. The van der Waals surface area contributed by atoms with E-state index in [-0.39, 0.29) is 0 Å². The average molecular weight is 311 g/mol. The van der Waals surface area contributed by atoms with Gasteiger partial charge in [0.2, 0.25) is 0 Å². The van der Waals surface area contributed by atoms with E-state index in [1.165, 1.54) is 25.7 Å². The van der Waals surface area contributed by atoms with E-state index in [1.807, 2.05) is 6.07 Å².